The summed E-state index contributed by atoms with van der Waals surface area (Å²) in [7, 11) is 0. The predicted octanol–water partition coefficient (Wildman–Crippen LogP) is 0.742. The first kappa shape index (κ1) is 11.4. The third-order valence-corrected chi connectivity index (χ3v) is 0.859. The van der Waals surface area contributed by atoms with Gasteiger partial charge in [0.15, 0.2) is 0 Å². The Hall–Kier alpha value is -1.65. The molecule has 0 bridgehead atoms. The van der Waals surface area contributed by atoms with E-state index in [2.05, 4.69) is 22.6 Å². The molecule has 0 aromatic rings. The summed E-state index contributed by atoms with van der Waals surface area (Å²) in [5, 5.41) is 0. The lowest BCUT2D eigenvalue weighted by Gasteiger charge is -2.01. The molecule has 0 fully saturated rings. The van der Waals surface area contributed by atoms with Crippen molar-refractivity contribution in [3.05, 3.63) is 25.1 Å². The van der Waals surface area contributed by atoms with Crippen LogP contribution in [0.15, 0.2) is 25.1 Å². The van der Waals surface area contributed by atoms with Gasteiger partial charge in [-0.1, -0.05) is 19.2 Å². The van der Waals surface area contributed by atoms with Gasteiger partial charge >= 0.3 is 11.9 Å². The first-order valence-electron chi connectivity index (χ1n) is 3.36. The van der Waals surface area contributed by atoms with E-state index in [4.69, 9.17) is 0 Å². The Kier molecular flexibility index (Phi) is 5.18. The smallest absolute Gasteiger partial charge is 0.417 e. The van der Waals surface area contributed by atoms with Crippen molar-refractivity contribution >= 4 is 11.9 Å². The van der Waals surface area contributed by atoms with Gasteiger partial charge in [0.05, 0.1) is 0 Å². The van der Waals surface area contributed by atoms with Gasteiger partial charge in [-0.2, -0.15) is 0 Å². The molecule has 0 spiro atoms. The van der Waals surface area contributed by atoms with E-state index in [0.717, 1.165) is 0 Å². The molecule has 0 unspecified atom stereocenters. The molecule has 0 radical (unpaired) electrons. The van der Waals surface area contributed by atoms with Gasteiger partial charge in [-0.25, -0.2) is 14.0 Å². The summed E-state index contributed by atoms with van der Waals surface area (Å²) in [5.74, 6) is -3.27. The molecular weight excluding hydrogens is 179 g/mol. The summed E-state index contributed by atoms with van der Waals surface area (Å²) >= 11 is 0. The number of esters is 2. The van der Waals surface area contributed by atoms with Gasteiger partial charge in [0.2, 0.25) is 0 Å². The Balaban J connectivity index is 3.76. The van der Waals surface area contributed by atoms with Crippen molar-refractivity contribution in [1.82, 2.24) is 0 Å². The molecule has 0 heterocycles. The Morgan fingerprint density at radius 3 is 2.31 bits per heavy atom. The molecule has 5 heteroatoms. The zero-order valence-electron chi connectivity index (χ0n) is 6.92. The molecule has 0 amide bonds. The minimum atomic E-state index is -1.25. The van der Waals surface area contributed by atoms with E-state index in [1.807, 2.05) is 0 Å². The van der Waals surface area contributed by atoms with Crippen molar-refractivity contribution in [2.45, 2.75) is 0 Å². The number of hydrogen-bond acceptors (Lipinski definition) is 4. The molecule has 0 aliphatic heterocycles. The fourth-order valence-corrected chi connectivity index (χ4v) is 0.396. The minimum Gasteiger partial charge on any atom is -0.453 e. The third kappa shape index (κ3) is 5.60. The van der Waals surface area contributed by atoms with Gasteiger partial charge in [0, 0.05) is 0 Å². The Morgan fingerprint density at radius 2 is 1.85 bits per heavy atom. The molecule has 0 aliphatic carbocycles. The fraction of sp³-hybridized carbons (Fsp3) is 0.250. The maximum atomic E-state index is 11.9. The van der Waals surface area contributed by atoms with Crippen LogP contribution in [0.1, 0.15) is 0 Å². The number of halogens is 1. The number of hydrogen-bond donors (Lipinski definition) is 0. The summed E-state index contributed by atoms with van der Waals surface area (Å²) in [4.78, 5) is 21.2. The largest absolute Gasteiger partial charge is 0.453 e. The van der Waals surface area contributed by atoms with Crippen LogP contribution in [0.4, 0.5) is 4.39 Å². The normalized spacial score (nSPS) is 8.69. The van der Waals surface area contributed by atoms with E-state index in [0.29, 0.717) is 0 Å². The molecule has 0 atom stereocenters. The lowest BCUT2D eigenvalue weighted by atomic mass is 10.6. The van der Waals surface area contributed by atoms with Crippen LogP contribution in [0.3, 0.4) is 0 Å². The lowest BCUT2D eigenvalue weighted by molar-refractivity contribution is -0.166. The zero-order chi connectivity index (χ0) is 10.3. The number of ether oxygens (including phenoxy) is 2. The average molecular weight is 188 g/mol. The van der Waals surface area contributed by atoms with Crippen LogP contribution in [0.25, 0.3) is 0 Å². The highest BCUT2D eigenvalue weighted by molar-refractivity contribution is 6.29. The first-order chi connectivity index (χ1) is 6.07. The van der Waals surface area contributed by atoms with Crippen molar-refractivity contribution in [2.24, 2.45) is 0 Å². The van der Waals surface area contributed by atoms with Crippen LogP contribution in [0, 0.1) is 0 Å². The van der Waals surface area contributed by atoms with Crippen molar-refractivity contribution in [3.63, 3.8) is 0 Å². The molecular formula is C8H9FO4. The van der Waals surface area contributed by atoms with E-state index in [9.17, 15) is 14.0 Å². The number of carbonyl (C=O) groups is 2. The molecule has 13 heavy (non-hydrogen) atoms. The van der Waals surface area contributed by atoms with Crippen molar-refractivity contribution in [1.29, 1.82) is 0 Å². The molecule has 0 saturated carbocycles. The Bertz CT molecular complexity index is 234. The van der Waals surface area contributed by atoms with E-state index in [-0.39, 0.29) is 6.61 Å². The van der Waals surface area contributed by atoms with E-state index >= 15 is 0 Å². The maximum Gasteiger partial charge on any atom is 0.417 e. The van der Waals surface area contributed by atoms with Crippen LogP contribution in [0.5, 0.6) is 0 Å². The second kappa shape index (κ2) is 5.93. The molecule has 4 nitrogen and oxygen atoms in total. The van der Waals surface area contributed by atoms with Crippen molar-refractivity contribution < 1.29 is 23.5 Å². The monoisotopic (exact) mass is 188 g/mol. The molecule has 0 rings (SSSR count). The molecule has 0 aliphatic rings. The maximum absolute atomic E-state index is 11.9. The third-order valence-electron chi connectivity index (χ3n) is 0.859. The number of rotatable bonds is 4. The van der Waals surface area contributed by atoms with Crippen LogP contribution in [-0.4, -0.2) is 25.2 Å². The molecule has 72 valence electrons. The van der Waals surface area contributed by atoms with Crippen LogP contribution >= 0.6 is 0 Å². The van der Waals surface area contributed by atoms with E-state index < -0.39 is 24.4 Å². The van der Waals surface area contributed by atoms with Crippen LogP contribution in [-0.2, 0) is 19.1 Å². The zero-order valence-corrected chi connectivity index (χ0v) is 6.92. The van der Waals surface area contributed by atoms with Gasteiger partial charge in [-0.15, -0.1) is 0 Å². The first-order valence-corrected chi connectivity index (χ1v) is 3.36. The number of carbonyl (C=O) groups excluding carboxylic acids is 2. The topological polar surface area (TPSA) is 52.6 Å². The molecule has 0 aromatic carbocycles. The van der Waals surface area contributed by atoms with Crippen molar-refractivity contribution in [2.75, 3.05) is 13.2 Å². The van der Waals surface area contributed by atoms with Crippen LogP contribution < -0.4 is 0 Å². The van der Waals surface area contributed by atoms with Gasteiger partial charge in [0.25, 0.3) is 0 Å². The Morgan fingerprint density at radius 1 is 1.31 bits per heavy atom. The van der Waals surface area contributed by atoms with Gasteiger partial charge in [-0.3, -0.25) is 0 Å². The quantitative estimate of drug-likeness (QED) is 0.371. The highest BCUT2D eigenvalue weighted by Crippen LogP contribution is 1.93. The molecule has 0 aromatic heterocycles. The highest BCUT2D eigenvalue weighted by Gasteiger charge is 2.16. The summed E-state index contributed by atoms with van der Waals surface area (Å²) in [6.45, 7) is 5.37. The summed E-state index contributed by atoms with van der Waals surface area (Å²) in [6.07, 6.45) is 1.29. The predicted molar refractivity (Wildman–Crippen MR) is 42.4 cm³/mol. The Labute approximate surface area is 74.6 Å². The van der Waals surface area contributed by atoms with Gasteiger partial charge < -0.3 is 9.47 Å². The molecule has 0 N–H and O–H groups in total. The summed E-state index contributed by atoms with van der Waals surface area (Å²) in [6, 6.07) is 0. The second-order valence-electron chi connectivity index (χ2n) is 1.98. The van der Waals surface area contributed by atoms with Gasteiger partial charge in [0.1, 0.15) is 19.0 Å². The lowest BCUT2D eigenvalue weighted by Crippen LogP contribution is -2.20. The highest BCUT2D eigenvalue weighted by atomic mass is 19.1. The SMILES string of the molecule is C=CCOC(=O)C(=O)OCC(=C)F. The van der Waals surface area contributed by atoms with E-state index in [1.54, 1.807) is 0 Å². The summed E-state index contributed by atoms with van der Waals surface area (Å²) in [5.41, 5.74) is 0. The van der Waals surface area contributed by atoms with E-state index in [1.165, 1.54) is 6.08 Å². The van der Waals surface area contributed by atoms with Crippen molar-refractivity contribution in [3.8, 4) is 0 Å². The van der Waals surface area contributed by atoms with Crippen LogP contribution in [0.2, 0.25) is 0 Å². The summed E-state index contributed by atoms with van der Waals surface area (Å²) < 4.78 is 20.4. The average Bonchev–Trinajstić information content (AvgIpc) is 2.10. The standard InChI is InChI=1S/C8H9FO4/c1-3-4-12-7(10)8(11)13-5-6(2)9/h3H,1-2,4-5H2. The fourth-order valence-electron chi connectivity index (χ4n) is 0.396. The minimum absolute atomic E-state index is 0.0928. The second-order valence-corrected chi connectivity index (χ2v) is 1.98. The molecule has 0 saturated heterocycles. The van der Waals surface area contributed by atoms with Gasteiger partial charge in [-0.05, 0) is 0 Å².